The molecule has 0 atom stereocenters. The van der Waals surface area contributed by atoms with Crippen LogP contribution < -0.4 is 0 Å². The van der Waals surface area contributed by atoms with Gasteiger partial charge in [0.25, 0.3) is 0 Å². The van der Waals surface area contributed by atoms with Crippen LogP contribution in [0, 0.1) is 0 Å². The van der Waals surface area contributed by atoms with Crippen LogP contribution in [0.2, 0.25) is 0 Å². The Morgan fingerprint density at radius 1 is 1.67 bits per heavy atom. The fourth-order valence-corrected chi connectivity index (χ4v) is 0. The third-order valence-corrected chi connectivity index (χ3v) is 0. The van der Waals surface area contributed by atoms with Crippen LogP contribution in [0.25, 0.3) is 0 Å². The molecule has 34 valence electrons. The van der Waals surface area contributed by atoms with Gasteiger partial charge in [-0.2, -0.15) is 0 Å². The van der Waals surface area contributed by atoms with Gasteiger partial charge in [0.05, 0.1) is 0 Å². The molecule has 0 fully saturated rings. The average molecular weight is 120 g/mol. The van der Waals surface area contributed by atoms with Crippen LogP contribution in [-0.4, -0.2) is 45.3 Å². The summed E-state index contributed by atoms with van der Waals surface area (Å²) < 4.78 is 17.2. The molecule has 1 N–H and O–H groups in total. The molecular formula is CH5NaO3S. The van der Waals surface area contributed by atoms with Crippen molar-refractivity contribution in [2.75, 3.05) is 3.86 Å². The standard InChI is InChI=1S/CH3O.Na.H2O2S/c1-2;;1-3-2/h2H,1H2;;3H2. The Hall–Kier alpha value is 0.910. The normalized spacial score (nSPS) is 5.83. The van der Waals surface area contributed by atoms with Gasteiger partial charge in [-0.05, 0) is 0 Å². The average Bonchev–Trinajstić information content (AvgIpc) is 1.39. The van der Waals surface area contributed by atoms with Crippen LogP contribution in [0.4, 0.5) is 0 Å². The molecule has 0 aromatic heterocycles. The van der Waals surface area contributed by atoms with Gasteiger partial charge in [0.2, 0.25) is 0 Å². The topological polar surface area (TPSA) is 54.4 Å². The Kier molecular flexibility index (Phi) is 28.1. The van der Waals surface area contributed by atoms with Gasteiger partial charge in [-0.25, -0.2) is 8.42 Å². The van der Waals surface area contributed by atoms with E-state index < -0.39 is 11.6 Å². The van der Waals surface area contributed by atoms with E-state index in [-0.39, 0.29) is 0 Å². The molecule has 0 aliphatic rings. The number of aliphatic hydroxyl groups excluding tert-OH is 1. The van der Waals surface area contributed by atoms with Crippen LogP contribution >= 0.6 is 0 Å². The van der Waals surface area contributed by atoms with Gasteiger partial charge < -0.3 is 0 Å². The molecule has 0 heterocycles. The molecule has 0 spiro atoms. The molecule has 6 heavy (non-hydrogen) atoms. The van der Waals surface area contributed by atoms with Crippen molar-refractivity contribution in [3.05, 3.63) is 0 Å². The molecular weight excluding hydrogens is 115 g/mol. The van der Waals surface area contributed by atoms with E-state index in [1.54, 1.807) is 0 Å². The Morgan fingerprint density at radius 2 is 1.67 bits per heavy atom. The third-order valence-electron chi connectivity index (χ3n) is 0. The molecule has 0 unspecified atom stereocenters. The van der Waals surface area contributed by atoms with Gasteiger partial charge in [-0.15, -0.1) is 0 Å². The summed E-state index contributed by atoms with van der Waals surface area (Å²) in [5.41, 5.74) is 0. The minimum absolute atomic E-state index is 0.389. The fraction of sp³-hybridized carbons (Fsp3) is 1.00. The summed E-state index contributed by atoms with van der Waals surface area (Å²) in [4.78, 5) is 0. The van der Waals surface area contributed by atoms with Gasteiger partial charge in [-0.3, -0.25) is 0 Å². The zero-order chi connectivity index (χ0) is 5.41. The monoisotopic (exact) mass is 120 g/mol. The molecule has 0 amide bonds. The quantitative estimate of drug-likeness (QED) is 0.372. The molecule has 5 heteroatoms. The number of aliphatic hydroxyl groups is 1. The predicted molar refractivity (Wildman–Crippen MR) is 24.5 cm³/mol. The molecule has 0 saturated heterocycles. The summed E-state index contributed by atoms with van der Waals surface area (Å²) in [6.45, 7) is 0. The first-order valence-electron chi connectivity index (χ1n) is 1.43. The van der Waals surface area contributed by atoms with E-state index in [4.69, 9.17) is 13.5 Å². The summed E-state index contributed by atoms with van der Waals surface area (Å²) in [5.74, 6) is 0. The van der Waals surface area contributed by atoms with E-state index in [1.165, 1.54) is 0 Å². The Labute approximate surface area is 56.8 Å². The van der Waals surface area contributed by atoms with E-state index in [0.717, 1.165) is 27.9 Å². The second-order valence-corrected chi connectivity index (χ2v) is 1.20. The van der Waals surface area contributed by atoms with Gasteiger partial charge in [0.1, 0.15) is 11.6 Å². The van der Waals surface area contributed by atoms with Crippen molar-refractivity contribution in [3.8, 4) is 0 Å². The van der Waals surface area contributed by atoms with E-state index in [0.29, 0.717) is 3.86 Å². The van der Waals surface area contributed by atoms with Gasteiger partial charge in [0.15, 0.2) is 0 Å². The maximum absolute atomic E-state index is 8.40. The van der Waals surface area contributed by atoms with Gasteiger partial charge >= 0.3 is 36.9 Å². The molecule has 0 aromatic rings. The van der Waals surface area contributed by atoms with Crippen LogP contribution in [0.5, 0.6) is 0 Å². The molecule has 3 nitrogen and oxygen atoms in total. The fourth-order valence-electron chi connectivity index (χ4n) is 0. The van der Waals surface area contributed by atoms with E-state index in [1.807, 2.05) is 0 Å². The molecule has 0 aromatic carbocycles. The number of hydrogen-bond acceptors (Lipinski definition) is 3. The predicted octanol–water partition coefficient (Wildman–Crippen LogP) is -2.10. The Bertz CT molecular complexity index is 40.1. The van der Waals surface area contributed by atoms with Crippen LogP contribution in [0.15, 0.2) is 0 Å². The molecule has 0 aliphatic heterocycles. The molecule has 0 saturated carbocycles. The van der Waals surface area contributed by atoms with Crippen LogP contribution in [0.1, 0.15) is 0 Å². The van der Waals surface area contributed by atoms with Crippen molar-refractivity contribution in [1.82, 2.24) is 0 Å². The summed E-state index contributed by atoms with van der Waals surface area (Å²) in [5, 5.41) is 7.63. The van der Waals surface area contributed by atoms with Crippen molar-refractivity contribution in [2.24, 2.45) is 0 Å². The van der Waals surface area contributed by atoms with Crippen molar-refractivity contribution in [1.29, 1.82) is 0 Å². The van der Waals surface area contributed by atoms with Crippen molar-refractivity contribution < 1.29 is 13.5 Å². The second kappa shape index (κ2) is 16.8. The zero-order valence-electron chi connectivity index (χ0n) is 3.47. The first-order valence-corrected chi connectivity index (χ1v) is 3.66. The van der Waals surface area contributed by atoms with E-state index in [2.05, 4.69) is 0 Å². The third kappa shape index (κ3) is 90.6. The van der Waals surface area contributed by atoms with Gasteiger partial charge in [0, 0.05) is 0 Å². The number of rotatable bonds is 0. The second-order valence-electron chi connectivity index (χ2n) is 0.400. The van der Waals surface area contributed by atoms with Crippen molar-refractivity contribution in [2.45, 2.75) is 0 Å². The van der Waals surface area contributed by atoms with Crippen LogP contribution in [0.3, 0.4) is 0 Å². The number of hydrogen-bond donors (Lipinski definition) is 1. The SMILES string of the molecule is O=[SH2]=O.O[CH2][Na]. The first-order chi connectivity index (χ1) is 2.83. The molecule has 0 bridgehead atoms. The van der Waals surface area contributed by atoms with Gasteiger partial charge in [-0.1, -0.05) is 0 Å². The summed E-state index contributed by atoms with van der Waals surface area (Å²) in [6, 6.07) is 0. The first kappa shape index (κ1) is 10.0. The maximum atomic E-state index is 8.40. The molecule has 0 radical (unpaired) electrons. The minimum atomic E-state index is -1.42. The Balaban J connectivity index is 0. The zero-order valence-corrected chi connectivity index (χ0v) is 6.47. The molecule has 0 rings (SSSR count). The van der Waals surface area contributed by atoms with Crippen LogP contribution in [-0.2, 0) is 11.6 Å². The van der Waals surface area contributed by atoms with E-state index in [9.17, 15) is 0 Å². The summed E-state index contributed by atoms with van der Waals surface area (Å²) in [6.07, 6.45) is 0. The summed E-state index contributed by atoms with van der Waals surface area (Å²) >= 11 is -0.492. The summed E-state index contributed by atoms with van der Waals surface area (Å²) in [7, 11) is 0. The van der Waals surface area contributed by atoms with Crippen molar-refractivity contribution >= 4 is 39.5 Å². The van der Waals surface area contributed by atoms with E-state index >= 15 is 0 Å². The Morgan fingerprint density at radius 3 is 1.67 bits per heavy atom. The van der Waals surface area contributed by atoms with Crippen molar-refractivity contribution in [3.63, 3.8) is 0 Å². The molecule has 0 aliphatic carbocycles.